The fourth-order valence-corrected chi connectivity index (χ4v) is 2.34. The van der Waals surface area contributed by atoms with Crippen molar-refractivity contribution in [2.24, 2.45) is 0 Å². The monoisotopic (exact) mass is 379 g/mol. The lowest BCUT2D eigenvalue weighted by Crippen LogP contribution is -2.17. The molecule has 2 N–H and O–H groups in total. The van der Waals surface area contributed by atoms with Gasteiger partial charge < -0.3 is 10.4 Å². The molecule has 0 fully saturated rings. The minimum absolute atomic E-state index is 0.0750. The number of anilines is 1. The van der Waals surface area contributed by atoms with Gasteiger partial charge in [-0.1, -0.05) is 29.3 Å². The molecule has 0 bridgehead atoms. The highest BCUT2D eigenvalue weighted by molar-refractivity contribution is 6.35. The van der Waals surface area contributed by atoms with Crippen molar-refractivity contribution in [2.45, 2.75) is 19.1 Å². The van der Waals surface area contributed by atoms with Crippen molar-refractivity contribution in [1.82, 2.24) is 9.97 Å². The molecule has 24 heavy (non-hydrogen) atoms. The van der Waals surface area contributed by atoms with Crippen LogP contribution in [0.2, 0.25) is 10.0 Å². The van der Waals surface area contributed by atoms with E-state index in [1.54, 1.807) is 12.1 Å². The first kappa shape index (κ1) is 18.3. The maximum Gasteiger partial charge on any atom is 0.433 e. The Bertz CT molecular complexity index is 769. The summed E-state index contributed by atoms with van der Waals surface area (Å²) in [6.07, 6.45) is -4.77. The van der Waals surface area contributed by atoms with E-state index < -0.39 is 29.8 Å². The number of hydrogen-bond donors (Lipinski definition) is 2. The number of aliphatic carboxylic acids is 1. The summed E-state index contributed by atoms with van der Waals surface area (Å²) in [5, 5.41) is 12.1. The van der Waals surface area contributed by atoms with E-state index in [2.05, 4.69) is 15.3 Å². The van der Waals surface area contributed by atoms with E-state index in [1.165, 1.54) is 6.07 Å². The summed E-state index contributed by atoms with van der Waals surface area (Å²) < 4.78 is 39.0. The van der Waals surface area contributed by atoms with Crippen LogP contribution in [0.25, 0.3) is 0 Å². The predicted octanol–water partition coefficient (Wildman–Crippen LogP) is 4.04. The van der Waals surface area contributed by atoms with Gasteiger partial charge in [-0.15, -0.1) is 0 Å². The third-order valence-electron chi connectivity index (χ3n) is 2.93. The molecule has 1 aromatic heterocycles. The van der Waals surface area contributed by atoms with Gasteiger partial charge in [0.2, 0.25) is 5.95 Å². The summed E-state index contributed by atoms with van der Waals surface area (Å²) in [5.41, 5.74) is -1.21. The van der Waals surface area contributed by atoms with Crippen molar-refractivity contribution in [3.63, 3.8) is 0 Å². The fourth-order valence-electron chi connectivity index (χ4n) is 1.87. The lowest BCUT2D eigenvalue weighted by atomic mass is 10.1. The molecular formula is C14H10Cl2F3N3O2. The van der Waals surface area contributed by atoms with Gasteiger partial charge in [0.1, 0.15) is 0 Å². The van der Waals surface area contributed by atoms with E-state index in [0.29, 0.717) is 15.6 Å². The lowest BCUT2D eigenvalue weighted by molar-refractivity contribution is -0.142. The summed E-state index contributed by atoms with van der Waals surface area (Å²) in [5.74, 6) is -1.69. The molecule has 0 aliphatic heterocycles. The second-order valence-corrected chi connectivity index (χ2v) is 5.57. The van der Waals surface area contributed by atoms with E-state index in [1.807, 2.05) is 0 Å². The molecule has 128 valence electrons. The average molecular weight is 380 g/mol. The largest absolute Gasteiger partial charge is 0.481 e. The number of nitrogens with one attached hydrogen (secondary N) is 1. The van der Waals surface area contributed by atoms with Crippen LogP contribution >= 0.6 is 23.2 Å². The van der Waals surface area contributed by atoms with Gasteiger partial charge in [0, 0.05) is 28.4 Å². The molecule has 0 saturated heterocycles. The number of rotatable bonds is 5. The van der Waals surface area contributed by atoms with Crippen molar-refractivity contribution in [3.8, 4) is 0 Å². The zero-order valence-electron chi connectivity index (χ0n) is 11.9. The normalized spacial score (nSPS) is 11.4. The molecule has 10 heteroatoms. The van der Waals surface area contributed by atoms with Crippen LogP contribution in [-0.4, -0.2) is 21.0 Å². The summed E-state index contributed by atoms with van der Waals surface area (Å²) in [6, 6.07) is 4.70. The Kier molecular flexibility index (Phi) is 5.51. The molecule has 0 atom stereocenters. The maximum absolute atomic E-state index is 13.0. The summed E-state index contributed by atoms with van der Waals surface area (Å²) >= 11 is 11.7. The molecule has 0 spiro atoms. The number of nitrogens with zero attached hydrogens (tertiary/aromatic N) is 2. The van der Waals surface area contributed by atoms with Crippen LogP contribution in [0, 0.1) is 0 Å². The van der Waals surface area contributed by atoms with Crippen LogP contribution in [0.3, 0.4) is 0 Å². The van der Waals surface area contributed by atoms with Crippen LogP contribution in [-0.2, 0) is 23.9 Å². The molecule has 2 rings (SSSR count). The van der Waals surface area contributed by atoms with Crippen molar-refractivity contribution in [1.29, 1.82) is 0 Å². The predicted molar refractivity (Wildman–Crippen MR) is 82.2 cm³/mol. The van der Waals surface area contributed by atoms with Crippen molar-refractivity contribution < 1.29 is 23.1 Å². The first-order chi connectivity index (χ1) is 11.2. The fraction of sp³-hybridized carbons (Fsp3) is 0.214. The summed E-state index contributed by atoms with van der Waals surface area (Å²) in [6.45, 7) is 0.0750. The number of aromatic nitrogens is 2. The van der Waals surface area contributed by atoms with Crippen molar-refractivity contribution in [2.75, 3.05) is 5.32 Å². The van der Waals surface area contributed by atoms with E-state index in [9.17, 15) is 18.0 Å². The van der Waals surface area contributed by atoms with Gasteiger partial charge in [0.15, 0.2) is 5.69 Å². The smallest absolute Gasteiger partial charge is 0.433 e. The second-order valence-electron chi connectivity index (χ2n) is 4.73. The molecule has 0 unspecified atom stereocenters. The highest BCUT2D eigenvalue weighted by Crippen LogP contribution is 2.31. The number of carboxylic acids is 1. The van der Waals surface area contributed by atoms with Gasteiger partial charge in [0.05, 0.1) is 6.42 Å². The van der Waals surface area contributed by atoms with Gasteiger partial charge in [0.25, 0.3) is 0 Å². The SMILES string of the molecule is O=C(O)Cc1cnc(NCc2ccc(Cl)cc2Cl)nc1C(F)(F)F. The third-order valence-corrected chi connectivity index (χ3v) is 3.51. The molecule has 5 nitrogen and oxygen atoms in total. The second kappa shape index (κ2) is 7.23. The molecular weight excluding hydrogens is 370 g/mol. The standard InChI is InChI=1S/C14H10Cl2F3N3O2/c15-9-2-1-7(10(16)4-9)5-20-13-21-6-8(3-11(23)24)12(22-13)14(17,18)19/h1-2,4,6H,3,5H2,(H,23,24)(H,20,21,22). The highest BCUT2D eigenvalue weighted by atomic mass is 35.5. The Labute approximate surface area is 144 Å². The topological polar surface area (TPSA) is 75.1 Å². The molecule has 0 amide bonds. The minimum atomic E-state index is -4.79. The van der Waals surface area contributed by atoms with Gasteiger partial charge >= 0.3 is 12.1 Å². The van der Waals surface area contributed by atoms with Crippen molar-refractivity contribution >= 4 is 35.1 Å². The van der Waals surface area contributed by atoms with Crippen LogP contribution in [0.4, 0.5) is 19.1 Å². The number of halogens is 5. The van der Waals surface area contributed by atoms with E-state index in [-0.39, 0.29) is 12.5 Å². The lowest BCUT2D eigenvalue weighted by Gasteiger charge is -2.13. The highest BCUT2D eigenvalue weighted by Gasteiger charge is 2.36. The van der Waals surface area contributed by atoms with E-state index >= 15 is 0 Å². The quantitative estimate of drug-likeness (QED) is 0.819. The number of hydrogen-bond acceptors (Lipinski definition) is 4. The minimum Gasteiger partial charge on any atom is -0.481 e. The average Bonchev–Trinajstić information content (AvgIpc) is 2.46. The molecule has 0 radical (unpaired) electrons. The molecule has 0 aliphatic rings. The summed E-state index contributed by atoms with van der Waals surface area (Å²) in [7, 11) is 0. The number of alkyl halides is 3. The molecule has 1 aromatic carbocycles. The van der Waals surface area contributed by atoms with Crippen LogP contribution in [0.5, 0.6) is 0 Å². The number of benzene rings is 1. The number of carboxylic acid groups (broad SMARTS) is 1. The molecule has 1 heterocycles. The van der Waals surface area contributed by atoms with Gasteiger partial charge in [-0.05, 0) is 17.7 Å². The Morgan fingerprint density at radius 2 is 1.96 bits per heavy atom. The van der Waals surface area contributed by atoms with Gasteiger partial charge in [-0.2, -0.15) is 13.2 Å². The molecule has 0 aliphatic carbocycles. The molecule has 2 aromatic rings. The zero-order chi connectivity index (χ0) is 17.9. The Morgan fingerprint density at radius 1 is 1.25 bits per heavy atom. The Hall–Kier alpha value is -2.06. The maximum atomic E-state index is 13.0. The van der Waals surface area contributed by atoms with Gasteiger partial charge in [-0.25, -0.2) is 9.97 Å². The summed E-state index contributed by atoms with van der Waals surface area (Å²) in [4.78, 5) is 17.7. The zero-order valence-corrected chi connectivity index (χ0v) is 13.4. The molecule has 0 saturated carbocycles. The first-order valence-corrected chi connectivity index (χ1v) is 7.25. The number of carbonyl (C=O) groups is 1. The van der Waals surface area contributed by atoms with Crippen LogP contribution in [0.15, 0.2) is 24.4 Å². The third kappa shape index (κ3) is 4.72. The van der Waals surface area contributed by atoms with E-state index in [0.717, 1.165) is 6.20 Å². The van der Waals surface area contributed by atoms with Crippen molar-refractivity contribution in [3.05, 3.63) is 51.3 Å². The van der Waals surface area contributed by atoms with Crippen LogP contribution in [0.1, 0.15) is 16.8 Å². The Morgan fingerprint density at radius 3 is 2.54 bits per heavy atom. The Balaban J connectivity index is 2.23. The van der Waals surface area contributed by atoms with Gasteiger partial charge in [-0.3, -0.25) is 4.79 Å². The van der Waals surface area contributed by atoms with Crippen LogP contribution < -0.4 is 5.32 Å². The first-order valence-electron chi connectivity index (χ1n) is 6.49. The van der Waals surface area contributed by atoms with E-state index in [4.69, 9.17) is 28.3 Å².